The number of nitrogens with zero attached hydrogens (tertiary/aromatic N) is 1. The monoisotopic (exact) mass is 314 g/mol. The van der Waals surface area contributed by atoms with Crippen molar-refractivity contribution in [3.05, 3.63) is 21.9 Å². The summed E-state index contributed by atoms with van der Waals surface area (Å²) in [5.41, 5.74) is 0. The SMILES string of the molecule is CNC1CCN(Cc2ccc(C(F)(F)F)s2)CC1.Cl. The molecular weight excluding hydrogens is 297 g/mol. The van der Waals surface area contributed by atoms with Crippen LogP contribution in [-0.4, -0.2) is 31.1 Å². The first-order valence-corrected chi connectivity index (χ1v) is 6.86. The summed E-state index contributed by atoms with van der Waals surface area (Å²) < 4.78 is 37.4. The van der Waals surface area contributed by atoms with Gasteiger partial charge in [-0.15, -0.1) is 23.7 Å². The van der Waals surface area contributed by atoms with E-state index in [2.05, 4.69) is 10.2 Å². The Bertz CT molecular complexity index is 387. The van der Waals surface area contributed by atoms with Crippen LogP contribution in [0.4, 0.5) is 13.2 Å². The van der Waals surface area contributed by atoms with Gasteiger partial charge in [0.1, 0.15) is 4.88 Å². The fourth-order valence-electron chi connectivity index (χ4n) is 2.22. The minimum Gasteiger partial charge on any atom is -0.317 e. The van der Waals surface area contributed by atoms with Gasteiger partial charge in [-0.1, -0.05) is 0 Å². The molecular formula is C12H18ClF3N2S. The van der Waals surface area contributed by atoms with Crippen molar-refractivity contribution in [2.75, 3.05) is 20.1 Å². The number of rotatable bonds is 3. The maximum Gasteiger partial charge on any atom is 0.425 e. The van der Waals surface area contributed by atoms with E-state index in [-0.39, 0.29) is 12.4 Å². The van der Waals surface area contributed by atoms with Gasteiger partial charge in [0.05, 0.1) is 0 Å². The van der Waals surface area contributed by atoms with Gasteiger partial charge in [-0.3, -0.25) is 4.90 Å². The molecule has 19 heavy (non-hydrogen) atoms. The van der Waals surface area contributed by atoms with Crippen molar-refractivity contribution < 1.29 is 13.2 Å². The molecule has 0 atom stereocenters. The van der Waals surface area contributed by atoms with Gasteiger partial charge in [-0.2, -0.15) is 13.2 Å². The van der Waals surface area contributed by atoms with Crippen LogP contribution in [0, 0.1) is 0 Å². The predicted octanol–water partition coefficient (Wildman–Crippen LogP) is 3.37. The normalized spacial score (nSPS) is 18.3. The molecule has 0 spiro atoms. The van der Waals surface area contributed by atoms with Crippen molar-refractivity contribution in [3.8, 4) is 0 Å². The van der Waals surface area contributed by atoms with Crippen molar-refractivity contribution in [1.82, 2.24) is 10.2 Å². The van der Waals surface area contributed by atoms with Crippen LogP contribution >= 0.6 is 23.7 Å². The van der Waals surface area contributed by atoms with E-state index in [0.717, 1.165) is 42.1 Å². The van der Waals surface area contributed by atoms with Crippen LogP contribution < -0.4 is 5.32 Å². The molecule has 0 aromatic carbocycles. The molecule has 1 aromatic heterocycles. The molecule has 1 aromatic rings. The second kappa shape index (κ2) is 6.92. The molecule has 7 heteroatoms. The van der Waals surface area contributed by atoms with Gasteiger partial charge in [-0.25, -0.2) is 0 Å². The fraction of sp³-hybridized carbons (Fsp3) is 0.667. The quantitative estimate of drug-likeness (QED) is 0.920. The molecule has 1 fully saturated rings. The highest BCUT2D eigenvalue weighted by Gasteiger charge is 2.32. The van der Waals surface area contributed by atoms with E-state index in [4.69, 9.17) is 0 Å². The summed E-state index contributed by atoms with van der Waals surface area (Å²) in [6, 6.07) is 3.33. The molecule has 2 rings (SSSR count). The van der Waals surface area contributed by atoms with E-state index in [9.17, 15) is 13.2 Å². The summed E-state index contributed by atoms with van der Waals surface area (Å²) in [6.07, 6.45) is -2.08. The third-order valence-electron chi connectivity index (χ3n) is 3.32. The van der Waals surface area contributed by atoms with Gasteiger partial charge in [0.15, 0.2) is 0 Å². The van der Waals surface area contributed by atoms with Crippen LogP contribution in [0.5, 0.6) is 0 Å². The number of thiophene rings is 1. The second-order valence-corrected chi connectivity index (χ2v) is 5.77. The zero-order valence-electron chi connectivity index (χ0n) is 10.7. The van der Waals surface area contributed by atoms with Crippen LogP contribution in [0.25, 0.3) is 0 Å². The summed E-state index contributed by atoms with van der Waals surface area (Å²) in [7, 11) is 1.95. The van der Waals surface area contributed by atoms with Gasteiger partial charge in [0, 0.05) is 17.5 Å². The van der Waals surface area contributed by atoms with Crippen LogP contribution in [0.2, 0.25) is 0 Å². The molecule has 0 unspecified atom stereocenters. The Labute approximate surface area is 121 Å². The van der Waals surface area contributed by atoms with Gasteiger partial charge >= 0.3 is 6.18 Å². The molecule has 0 bridgehead atoms. The smallest absolute Gasteiger partial charge is 0.317 e. The lowest BCUT2D eigenvalue weighted by molar-refractivity contribution is -0.134. The van der Waals surface area contributed by atoms with Crippen molar-refractivity contribution >= 4 is 23.7 Å². The highest BCUT2D eigenvalue weighted by atomic mass is 35.5. The summed E-state index contributed by atoms with van der Waals surface area (Å²) in [6.45, 7) is 2.53. The molecule has 1 aliphatic rings. The van der Waals surface area contributed by atoms with Crippen molar-refractivity contribution in [1.29, 1.82) is 0 Å². The first-order chi connectivity index (χ1) is 8.49. The molecule has 0 aliphatic carbocycles. The highest BCUT2D eigenvalue weighted by molar-refractivity contribution is 7.12. The lowest BCUT2D eigenvalue weighted by Crippen LogP contribution is -2.40. The molecule has 0 radical (unpaired) electrons. The average Bonchev–Trinajstić information content (AvgIpc) is 2.78. The van der Waals surface area contributed by atoms with Gasteiger partial charge < -0.3 is 5.32 Å². The maximum atomic E-state index is 12.5. The Hall–Kier alpha value is -0.300. The number of alkyl halides is 3. The largest absolute Gasteiger partial charge is 0.425 e. The zero-order chi connectivity index (χ0) is 13.2. The lowest BCUT2D eigenvalue weighted by Gasteiger charge is -2.31. The summed E-state index contributed by atoms with van der Waals surface area (Å²) in [5, 5.41) is 3.24. The van der Waals surface area contributed by atoms with Crippen molar-refractivity contribution in [2.24, 2.45) is 0 Å². The molecule has 110 valence electrons. The third-order valence-corrected chi connectivity index (χ3v) is 4.43. The fourth-order valence-corrected chi connectivity index (χ4v) is 3.13. The van der Waals surface area contributed by atoms with E-state index >= 15 is 0 Å². The van der Waals surface area contributed by atoms with Crippen LogP contribution in [0.1, 0.15) is 22.6 Å². The molecule has 2 nitrogen and oxygen atoms in total. The highest BCUT2D eigenvalue weighted by Crippen LogP contribution is 2.35. The third kappa shape index (κ3) is 4.63. The standard InChI is InChI=1S/C12H17F3N2S.ClH/c1-16-9-4-6-17(7-5-9)8-10-2-3-11(18-10)12(13,14)15;/h2-3,9,16H,4-8H2,1H3;1H. The Morgan fingerprint density at radius 1 is 1.32 bits per heavy atom. The van der Waals surface area contributed by atoms with E-state index < -0.39 is 11.1 Å². The minimum atomic E-state index is -4.21. The Morgan fingerprint density at radius 2 is 1.95 bits per heavy atom. The first kappa shape index (κ1) is 16.8. The predicted molar refractivity (Wildman–Crippen MR) is 73.9 cm³/mol. The van der Waals surface area contributed by atoms with Gasteiger partial charge in [0.25, 0.3) is 0 Å². The maximum absolute atomic E-state index is 12.5. The van der Waals surface area contributed by atoms with Crippen molar-refractivity contribution in [3.63, 3.8) is 0 Å². The first-order valence-electron chi connectivity index (χ1n) is 6.04. The van der Waals surface area contributed by atoms with Crippen LogP contribution in [0.3, 0.4) is 0 Å². The molecule has 0 saturated carbocycles. The number of hydrogen-bond donors (Lipinski definition) is 1. The number of likely N-dealkylation sites (tertiary alicyclic amines) is 1. The molecule has 1 saturated heterocycles. The van der Waals surface area contributed by atoms with Gasteiger partial charge in [0.2, 0.25) is 0 Å². The van der Waals surface area contributed by atoms with E-state index in [1.165, 1.54) is 6.07 Å². The van der Waals surface area contributed by atoms with E-state index in [0.29, 0.717) is 12.6 Å². The number of piperidine rings is 1. The molecule has 1 aliphatic heterocycles. The Morgan fingerprint density at radius 3 is 2.42 bits per heavy atom. The van der Waals surface area contributed by atoms with Crippen LogP contribution in [0.15, 0.2) is 12.1 Å². The Kier molecular flexibility index (Phi) is 6.11. The van der Waals surface area contributed by atoms with Crippen LogP contribution in [-0.2, 0) is 12.7 Å². The summed E-state index contributed by atoms with van der Waals surface area (Å²) in [4.78, 5) is 2.52. The second-order valence-electron chi connectivity index (χ2n) is 4.60. The lowest BCUT2D eigenvalue weighted by atomic mass is 10.1. The summed E-state index contributed by atoms with van der Waals surface area (Å²) >= 11 is 0.858. The Balaban J connectivity index is 0.00000180. The zero-order valence-corrected chi connectivity index (χ0v) is 12.3. The van der Waals surface area contributed by atoms with Crippen molar-refractivity contribution in [2.45, 2.75) is 31.6 Å². The number of hydrogen-bond acceptors (Lipinski definition) is 3. The average molecular weight is 315 g/mol. The number of halogens is 4. The topological polar surface area (TPSA) is 15.3 Å². The van der Waals surface area contributed by atoms with E-state index in [1.807, 2.05) is 7.05 Å². The summed E-state index contributed by atoms with van der Waals surface area (Å²) in [5.74, 6) is 0. The molecule has 2 heterocycles. The van der Waals surface area contributed by atoms with E-state index in [1.54, 1.807) is 6.07 Å². The number of nitrogens with one attached hydrogen (secondary N) is 1. The van der Waals surface area contributed by atoms with Gasteiger partial charge in [-0.05, 0) is 45.1 Å². The molecule has 1 N–H and O–H groups in total. The minimum absolute atomic E-state index is 0. The molecule has 0 amide bonds.